The highest BCUT2D eigenvalue weighted by molar-refractivity contribution is 7.89. The molecule has 0 saturated heterocycles. The first-order valence-corrected chi connectivity index (χ1v) is 10.4. The van der Waals surface area contributed by atoms with Crippen LogP contribution in [0.4, 0.5) is 5.69 Å². The van der Waals surface area contributed by atoms with Crippen molar-refractivity contribution in [2.24, 2.45) is 0 Å². The fourth-order valence-electron chi connectivity index (χ4n) is 2.74. The van der Waals surface area contributed by atoms with Gasteiger partial charge in [0.15, 0.2) is 0 Å². The molecule has 0 aliphatic rings. The summed E-state index contributed by atoms with van der Waals surface area (Å²) in [7, 11) is -3.83. The van der Waals surface area contributed by atoms with E-state index in [1.54, 1.807) is 36.4 Å². The molecule has 0 heterocycles. The van der Waals surface area contributed by atoms with Crippen molar-refractivity contribution in [3.05, 3.63) is 66.7 Å². The molecule has 0 aliphatic heterocycles. The van der Waals surface area contributed by atoms with Gasteiger partial charge in [-0.05, 0) is 61.0 Å². The van der Waals surface area contributed by atoms with Crippen molar-refractivity contribution in [3.63, 3.8) is 0 Å². The predicted molar refractivity (Wildman–Crippen MR) is 110 cm³/mol. The summed E-state index contributed by atoms with van der Waals surface area (Å²) < 4.78 is 33.1. The maximum atomic E-state index is 12.7. The second kappa shape index (κ2) is 8.41. The van der Waals surface area contributed by atoms with Crippen LogP contribution in [0.15, 0.2) is 71.6 Å². The van der Waals surface area contributed by atoms with E-state index in [9.17, 15) is 13.2 Å². The van der Waals surface area contributed by atoms with E-state index in [0.717, 1.165) is 10.8 Å². The molecule has 0 saturated carbocycles. The Bertz CT molecular complexity index is 1080. The Balaban J connectivity index is 1.69. The van der Waals surface area contributed by atoms with Gasteiger partial charge in [-0.15, -0.1) is 0 Å². The number of carbonyl (C=O) groups excluding carboxylic acids is 1. The molecular formula is C21H22N2O4S. The molecule has 6 nitrogen and oxygen atoms in total. The van der Waals surface area contributed by atoms with Crippen LogP contribution in [-0.4, -0.2) is 27.0 Å². The molecular weight excluding hydrogens is 376 g/mol. The van der Waals surface area contributed by atoms with Crippen LogP contribution < -0.4 is 14.8 Å². The van der Waals surface area contributed by atoms with Gasteiger partial charge in [0.1, 0.15) is 5.75 Å². The number of rotatable bonds is 7. The molecule has 0 aromatic heterocycles. The average molecular weight is 398 g/mol. The van der Waals surface area contributed by atoms with Crippen LogP contribution in [0.5, 0.6) is 5.75 Å². The van der Waals surface area contributed by atoms with Crippen LogP contribution in [0.1, 0.15) is 13.8 Å². The van der Waals surface area contributed by atoms with Crippen molar-refractivity contribution < 1.29 is 17.9 Å². The summed E-state index contributed by atoms with van der Waals surface area (Å²) in [6, 6.07) is 18.3. The minimum atomic E-state index is -3.83. The summed E-state index contributed by atoms with van der Waals surface area (Å²) in [6.07, 6.45) is 0. The third kappa shape index (κ3) is 4.68. The van der Waals surface area contributed by atoms with Gasteiger partial charge in [0.2, 0.25) is 15.9 Å². The van der Waals surface area contributed by atoms with Gasteiger partial charge in [-0.3, -0.25) is 4.79 Å². The molecule has 0 unspecified atom stereocenters. The van der Waals surface area contributed by atoms with Gasteiger partial charge in [-0.25, -0.2) is 8.42 Å². The predicted octanol–water partition coefficient (Wildman–Crippen LogP) is 3.54. The minimum absolute atomic E-state index is 0.118. The van der Waals surface area contributed by atoms with Crippen LogP contribution in [0.25, 0.3) is 10.8 Å². The molecule has 0 bridgehead atoms. The van der Waals surface area contributed by atoms with E-state index in [-0.39, 0.29) is 4.90 Å². The van der Waals surface area contributed by atoms with Crippen LogP contribution >= 0.6 is 0 Å². The monoisotopic (exact) mass is 398 g/mol. The lowest BCUT2D eigenvalue weighted by Crippen LogP contribution is -2.41. The number of ether oxygens (including phenoxy) is 1. The Labute approximate surface area is 164 Å². The Morgan fingerprint density at radius 2 is 1.68 bits per heavy atom. The molecule has 0 radical (unpaired) electrons. The number of amides is 1. The molecule has 3 rings (SSSR count). The second-order valence-electron chi connectivity index (χ2n) is 6.30. The van der Waals surface area contributed by atoms with Crippen molar-refractivity contribution in [1.82, 2.24) is 4.72 Å². The SMILES string of the molecule is CCOc1ccc(NC(=O)[C@H](C)NS(=O)(=O)c2ccc3ccccc3c2)cc1. The fraction of sp³-hybridized carbons (Fsp3) is 0.190. The summed E-state index contributed by atoms with van der Waals surface area (Å²) in [5, 5.41) is 4.46. The molecule has 146 valence electrons. The number of nitrogens with one attached hydrogen (secondary N) is 2. The van der Waals surface area contributed by atoms with Crippen molar-refractivity contribution in [2.45, 2.75) is 24.8 Å². The lowest BCUT2D eigenvalue weighted by molar-refractivity contribution is -0.117. The Morgan fingerprint density at radius 3 is 2.36 bits per heavy atom. The van der Waals surface area contributed by atoms with Gasteiger partial charge >= 0.3 is 0 Å². The van der Waals surface area contributed by atoms with Crippen molar-refractivity contribution in [1.29, 1.82) is 0 Å². The third-order valence-corrected chi connectivity index (χ3v) is 5.73. The van der Waals surface area contributed by atoms with Crippen LogP contribution in [0.2, 0.25) is 0 Å². The lowest BCUT2D eigenvalue weighted by Gasteiger charge is -2.15. The van der Waals surface area contributed by atoms with Crippen LogP contribution in [0.3, 0.4) is 0 Å². The zero-order valence-electron chi connectivity index (χ0n) is 15.7. The van der Waals surface area contributed by atoms with E-state index >= 15 is 0 Å². The quantitative estimate of drug-likeness (QED) is 0.637. The van der Waals surface area contributed by atoms with E-state index in [1.165, 1.54) is 13.0 Å². The van der Waals surface area contributed by atoms with Crippen molar-refractivity contribution >= 4 is 32.4 Å². The highest BCUT2D eigenvalue weighted by atomic mass is 32.2. The molecule has 0 aliphatic carbocycles. The molecule has 2 N–H and O–H groups in total. The van der Waals surface area contributed by atoms with E-state index < -0.39 is 22.0 Å². The van der Waals surface area contributed by atoms with Gasteiger partial charge in [0.05, 0.1) is 17.5 Å². The maximum Gasteiger partial charge on any atom is 0.242 e. The second-order valence-corrected chi connectivity index (χ2v) is 8.01. The highest BCUT2D eigenvalue weighted by Crippen LogP contribution is 2.19. The number of benzene rings is 3. The molecule has 3 aromatic carbocycles. The molecule has 0 spiro atoms. The Hall–Kier alpha value is -2.90. The summed E-state index contributed by atoms with van der Waals surface area (Å²) in [6.45, 7) is 3.95. The largest absolute Gasteiger partial charge is 0.494 e. The number of hydrogen-bond donors (Lipinski definition) is 2. The fourth-order valence-corrected chi connectivity index (χ4v) is 3.98. The lowest BCUT2D eigenvalue weighted by atomic mass is 10.1. The van der Waals surface area contributed by atoms with E-state index in [1.807, 2.05) is 31.2 Å². The summed E-state index contributed by atoms with van der Waals surface area (Å²) in [4.78, 5) is 12.5. The summed E-state index contributed by atoms with van der Waals surface area (Å²) >= 11 is 0. The molecule has 28 heavy (non-hydrogen) atoms. The first-order valence-electron chi connectivity index (χ1n) is 8.94. The van der Waals surface area contributed by atoms with Crippen molar-refractivity contribution in [3.8, 4) is 5.75 Å². The molecule has 1 atom stereocenters. The topological polar surface area (TPSA) is 84.5 Å². The van der Waals surface area contributed by atoms with Crippen LogP contribution in [0, 0.1) is 0 Å². The van der Waals surface area contributed by atoms with E-state index in [0.29, 0.717) is 18.0 Å². The van der Waals surface area contributed by atoms with Gasteiger partial charge in [-0.2, -0.15) is 4.72 Å². The number of sulfonamides is 1. The molecule has 3 aromatic rings. The first-order chi connectivity index (χ1) is 13.4. The highest BCUT2D eigenvalue weighted by Gasteiger charge is 2.22. The minimum Gasteiger partial charge on any atom is -0.494 e. The summed E-state index contributed by atoms with van der Waals surface area (Å²) in [5.41, 5.74) is 0.560. The van der Waals surface area contributed by atoms with Gasteiger partial charge in [0, 0.05) is 5.69 Å². The molecule has 7 heteroatoms. The third-order valence-electron chi connectivity index (χ3n) is 4.19. The molecule has 1 amide bonds. The zero-order valence-corrected chi connectivity index (χ0v) is 16.5. The zero-order chi connectivity index (χ0) is 20.1. The van der Waals surface area contributed by atoms with E-state index in [2.05, 4.69) is 10.0 Å². The first kappa shape index (κ1) is 19.9. The Kier molecular flexibility index (Phi) is 5.96. The number of fused-ring (bicyclic) bond motifs is 1. The number of carbonyl (C=O) groups is 1. The number of anilines is 1. The van der Waals surface area contributed by atoms with Gasteiger partial charge < -0.3 is 10.1 Å². The van der Waals surface area contributed by atoms with Crippen molar-refractivity contribution in [2.75, 3.05) is 11.9 Å². The summed E-state index contributed by atoms with van der Waals surface area (Å²) in [5.74, 6) is 0.249. The standard InChI is InChI=1S/C21H22N2O4S/c1-3-27-19-11-9-18(10-12-19)22-21(24)15(2)23-28(25,26)20-13-8-16-6-4-5-7-17(16)14-20/h4-15,23H,3H2,1-2H3,(H,22,24)/t15-/m0/s1. The average Bonchev–Trinajstić information content (AvgIpc) is 2.69. The van der Waals surface area contributed by atoms with Crippen LogP contribution in [-0.2, 0) is 14.8 Å². The van der Waals surface area contributed by atoms with Gasteiger partial charge in [-0.1, -0.05) is 30.3 Å². The number of hydrogen-bond acceptors (Lipinski definition) is 4. The smallest absolute Gasteiger partial charge is 0.242 e. The Morgan fingerprint density at radius 1 is 1.00 bits per heavy atom. The maximum absolute atomic E-state index is 12.7. The van der Waals surface area contributed by atoms with E-state index in [4.69, 9.17) is 4.74 Å². The van der Waals surface area contributed by atoms with Gasteiger partial charge in [0.25, 0.3) is 0 Å². The normalized spacial score (nSPS) is 12.5. The molecule has 0 fully saturated rings.